The molecular formula is C22H29N3O2. The summed E-state index contributed by atoms with van der Waals surface area (Å²) in [5.74, 6) is 0.542. The molecule has 3 rings (SSSR count). The molecule has 1 aliphatic heterocycles. The third-order valence-electron chi connectivity index (χ3n) is 4.95. The van der Waals surface area contributed by atoms with Crippen LogP contribution in [-0.2, 0) is 4.79 Å². The maximum absolute atomic E-state index is 12.1. The van der Waals surface area contributed by atoms with Gasteiger partial charge < -0.3 is 15.0 Å². The van der Waals surface area contributed by atoms with Gasteiger partial charge in [-0.2, -0.15) is 0 Å². The molecule has 2 aromatic carbocycles. The smallest absolute Gasteiger partial charge is 0.262 e. The number of amides is 1. The van der Waals surface area contributed by atoms with E-state index >= 15 is 0 Å². The summed E-state index contributed by atoms with van der Waals surface area (Å²) in [6, 6.07) is 16.3. The lowest BCUT2D eigenvalue weighted by Gasteiger charge is -2.38. The maximum Gasteiger partial charge on any atom is 0.262 e. The lowest BCUT2D eigenvalue weighted by Crippen LogP contribution is -2.48. The van der Waals surface area contributed by atoms with Crippen molar-refractivity contribution < 1.29 is 9.53 Å². The molecule has 0 bridgehead atoms. The third kappa shape index (κ3) is 5.47. The Balaban J connectivity index is 1.47. The van der Waals surface area contributed by atoms with E-state index in [1.807, 2.05) is 43.3 Å². The van der Waals surface area contributed by atoms with Gasteiger partial charge in [-0.15, -0.1) is 0 Å². The van der Waals surface area contributed by atoms with Crippen LogP contribution in [0.15, 0.2) is 48.5 Å². The number of benzene rings is 2. The Kier molecular flexibility index (Phi) is 6.35. The molecular weight excluding hydrogens is 338 g/mol. The molecule has 1 aliphatic rings. The lowest BCUT2D eigenvalue weighted by molar-refractivity contribution is -0.118. The highest BCUT2D eigenvalue weighted by molar-refractivity contribution is 5.92. The Bertz CT molecular complexity index is 733. The summed E-state index contributed by atoms with van der Waals surface area (Å²) in [5.41, 5.74) is 3.15. The van der Waals surface area contributed by atoms with E-state index < -0.39 is 0 Å². The average Bonchev–Trinajstić information content (AvgIpc) is 2.68. The highest BCUT2D eigenvalue weighted by atomic mass is 16.5. The van der Waals surface area contributed by atoms with Crippen LogP contribution in [0.5, 0.6) is 5.75 Å². The van der Waals surface area contributed by atoms with Gasteiger partial charge in [0, 0.05) is 43.6 Å². The summed E-state index contributed by atoms with van der Waals surface area (Å²) in [7, 11) is 0. The Morgan fingerprint density at radius 3 is 2.22 bits per heavy atom. The molecule has 144 valence electrons. The fourth-order valence-corrected chi connectivity index (χ4v) is 3.23. The first-order chi connectivity index (χ1) is 13.0. The van der Waals surface area contributed by atoms with Crippen molar-refractivity contribution in [1.82, 2.24) is 4.90 Å². The molecule has 27 heavy (non-hydrogen) atoms. The number of anilines is 2. The van der Waals surface area contributed by atoms with Crippen LogP contribution in [0.4, 0.5) is 11.4 Å². The molecule has 0 radical (unpaired) electrons. The van der Waals surface area contributed by atoms with E-state index in [9.17, 15) is 4.79 Å². The molecule has 0 aliphatic carbocycles. The standard InChI is InChI=1S/C22H29N3O2/c1-17(2)24-12-14-25(15-13-24)20-8-6-19(7-9-20)23-22(26)16-27-21-10-4-18(3)5-11-21/h4-11,17H,12-16H2,1-3H3,(H,23,26). The van der Waals surface area contributed by atoms with Gasteiger partial charge in [0.15, 0.2) is 6.61 Å². The molecule has 1 heterocycles. The number of rotatable bonds is 6. The van der Waals surface area contributed by atoms with Gasteiger partial charge in [0.05, 0.1) is 0 Å². The lowest BCUT2D eigenvalue weighted by atomic mass is 10.2. The summed E-state index contributed by atoms with van der Waals surface area (Å²) < 4.78 is 5.52. The molecule has 1 saturated heterocycles. The molecule has 0 saturated carbocycles. The minimum absolute atomic E-state index is 0.00196. The van der Waals surface area contributed by atoms with Gasteiger partial charge in [-0.1, -0.05) is 17.7 Å². The number of hydrogen-bond donors (Lipinski definition) is 1. The number of aryl methyl sites for hydroxylation is 1. The molecule has 2 aromatic rings. The molecule has 0 aromatic heterocycles. The van der Waals surface area contributed by atoms with E-state index in [1.54, 1.807) is 0 Å². The fourth-order valence-electron chi connectivity index (χ4n) is 3.23. The highest BCUT2D eigenvalue weighted by Crippen LogP contribution is 2.20. The predicted octanol–water partition coefficient (Wildman–Crippen LogP) is 3.54. The number of ether oxygens (including phenoxy) is 1. The van der Waals surface area contributed by atoms with E-state index in [0.717, 1.165) is 37.4 Å². The van der Waals surface area contributed by atoms with Gasteiger partial charge in [0.25, 0.3) is 5.91 Å². The summed E-state index contributed by atoms with van der Waals surface area (Å²) in [6.07, 6.45) is 0. The minimum Gasteiger partial charge on any atom is -0.484 e. The van der Waals surface area contributed by atoms with Crippen molar-refractivity contribution in [1.29, 1.82) is 0 Å². The Labute approximate surface area is 161 Å². The Morgan fingerprint density at radius 2 is 1.63 bits per heavy atom. The molecule has 1 fully saturated rings. The first-order valence-electron chi connectivity index (χ1n) is 9.59. The summed E-state index contributed by atoms with van der Waals surface area (Å²) >= 11 is 0. The van der Waals surface area contributed by atoms with Crippen LogP contribution < -0.4 is 15.0 Å². The van der Waals surface area contributed by atoms with E-state index in [0.29, 0.717) is 11.8 Å². The van der Waals surface area contributed by atoms with Crippen molar-refractivity contribution in [2.24, 2.45) is 0 Å². The fraction of sp³-hybridized carbons (Fsp3) is 0.409. The normalized spacial score (nSPS) is 15.0. The van der Waals surface area contributed by atoms with Crippen molar-refractivity contribution in [2.45, 2.75) is 26.8 Å². The SMILES string of the molecule is Cc1ccc(OCC(=O)Nc2ccc(N3CCN(C(C)C)CC3)cc2)cc1. The van der Waals surface area contributed by atoms with Gasteiger partial charge in [0.1, 0.15) is 5.75 Å². The van der Waals surface area contributed by atoms with Crippen LogP contribution in [0.2, 0.25) is 0 Å². The van der Waals surface area contributed by atoms with Gasteiger partial charge in [-0.25, -0.2) is 0 Å². The second-order valence-corrected chi connectivity index (χ2v) is 7.31. The van der Waals surface area contributed by atoms with Crippen molar-refractivity contribution in [2.75, 3.05) is 43.0 Å². The zero-order chi connectivity index (χ0) is 19.2. The number of hydrogen-bond acceptors (Lipinski definition) is 4. The van der Waals surface area contributed by atoms with Crippen LogP contribution in [0.3, 0.4) is 0 Å². The van der Waals surface area contributed by atoms with Crippen LogP contribution in [0.1, 0.15) is 19.4 Å². The summed E-state index contributed by atoms with van der Waals surface area (Å²) in [4.78, 5) is 17.0. The average molecular weight is 367 g/mol. The third-order valence-corrected chi connectivity index (χ3v) is 4.95. The Morgan fingerprint density at radius 1 is 1.00 bits per heavy atom. The quantitative estimate of drug-likeness (QED) is 0.848. The van der Waals surface area contributed by atoms with Crippen molar-refractivity contribution in [3.8, 4) is 5.75 Å². The minimum atomic E-state index is -0.158. The van der Waals surface area contributed by atoms with Crippen molar-refractivity contribution in [3.63, 3.8) is 0 Å². The van der Waals surface area contributed by atoms with E-state index in [-0.39, 0.29) is 12.5 Å². The molecule has 5 heteroatoms. The summed E-state index contributed by atoms with van der Waals surface area (Å²) in [5, 5.41) is 2.88. The zero-order valence-corrected chi connectivity index (χ0v) is 16.4. The molecule has 0 spiro atoms. The second kappa shape index (κ2) is 8.91. The van der Waals surface area contributed by atoms with E-state index in [1.165, 1.54) is 5.69 Å². The van der Waals surface area contributed by atoms with Crippen LogP contribution in [0.25, 0.3) is 0 Å². The van der Waals surface area contributed by atoms with Crippen LogP contribution in [0, 0.1) is 6.92 Å². The first kappa shape index (κ1) is 19.2. The van der Waals surface area contributed by atoms with Crippen LogP contribution in [-0.4, -0.2) is 49.6 Å². The monoisotopic (exact) mass is 367 g/mol. The number of carbonyl (C=O) groups excluding carboxylic acids is 1. The molecule has 1 N–H and O–H groups in total. The topological polar surface area (TPSA) is 44.8 Å². The zero-order valence-electron chi connectivity index (χ0n) is 16.4. The van der Waals surface area contributed by atoms with Gasteiger partial charge >= 0.3 is 0 Å². The van der Waals surface area contributed by atoms with Gasteiger partial charge in [0.2, 0.25) is 0 Å². The molecule has 1 amide bonds. The molecule has 5 nitrogen and oxygen atoms in total. The van der Waals surface area contributed by atoms with E-state index in [2.05, 4.69) is 41.1 Å². The number of nitrogens with zero attached hydrogens (tertiary/aromatic N) is 2. The Hall–Kier alpha value is -2.53. The summed E-state index contributed by atoms with van der Waals surface area (Å²) in [6.45, 7) is 10.8. The predicted molar refractivity (Wildman–Crippen MR) is 111 cm³/mol. The van der Waals surface area contributed by atoms with Crippen molar-refractivity contribution >= 4 is 17.3 Å². The first-order valence-corrected chi connectivity index (χ1v) is 9.59. The molecule has 0 unspecified atom stereocenters. The van der Waals surface area contributed by atoms with Gasteiger partial charge in [-0.3, -0.25) is 9.69 Å². The highest BCUT2D eigenvalue weighted by Gasteiger charge is 2.18. The number of piperazine rings is 1. The number of carbonyl (C=O) groups is 1. The number of nitrogens with one attached hydrogen (secondary N) is 1. The largest absolute Gasteiger partial charge is 0.484 e. The van der Waals surface area contributed by atoms with Crippen molar-refractivity contribution in [3.05, 3.63) is 54.1 Å². The second-order valence-electron chi connectivity index (χ2n) is 7.31. The van der Waals surface area contributed by atoms with E-state index in [4.69, 9.17) is 4.74 Å². The maximum atomic E-state index is 12.1. The van der Waals surface area contributed by atoms with Gasteiger partial charge in [-0.05, 0) is 57.2 Å². The molecule has 0 atom stereocenters. The van der Waals surface area contributed by atoms with Crippen LogP contribution >= 0.6 is 0 Å².